The van der Waals surface area contributed by atoms with Crippen LogP contribution in [0.3, 0.4) is 0 Å². The maximum absolute atomic E-state index is 9.00. The van der Waals surface area contributed by atoms with Gasteiger partial charge in [0.15, 0.2) is 5.82 Å². The molecule has 0 bridgehead atoms. The monoisotopic (exact) mass is 396 g/mol. The van der Waals surface area contributed by atoms with Crippen molar-refractivity contribution in [3.8, 4) is 11.2 Å². The van der Waals surface area contributed by atoms with E-state index in [4.69, 9.17) is 16.9 Å². The summed E-state index contributed by atoms with van der Waals surface area (Å²) in [5.74, 6) is 1.31. The van der Waals surface area contributed by atoms with Gasteiger partial charge >= 0.3 is 0 Å². The van der Waals surface area contributed by atoms with Crippen molar-refractivity contribution in [2.45, 2.75) is 19.9 Å². The molecule has 1 N–H and O–H groups in total. The van der Waals surface area contributed by atoms with E-state index in [0.717, 1.165) is 10.9 Å². The average Bonchev–Trinajstić information content (AvgIpc) is 3.31. The Morgan fingerprint density at radius 2 is 2.07 bits per heavy atom. The summed E-state index contributed by atoms with van der Waals surface area (Å²) in [5.41, 5.74) is 1.71. The number of hydrogen-bond acceptors (Lipinski definition) is 8. The van der Waals surface area contributed by atoms with Crippen LogP contribution >= 0.6 is 22.9 Å². The molecule has 0 spiro atoms. The molecule has 0 saturated heterocycles. The fraction of sp³-hybridized carbons (Fsp3) is 0.176. The van der Waals surface area contributed by atoms with Crippen molar-refractivity contribution >= 4 is 39.7 Å². The molecule has 4 rings (SSSR count). The second kappa shape index (κ2) is 6.90. The summed E-state index contributed by atoms with van der Waals surface area (Å²) in [6.07, 6.45) is 4.45. The van der Waals surface area contributed by atoms with Gasteiger partial charge in [-0.3, -0.25) is 0 Å². The Labute approximate surface area is 163 Å². The van der Waals surface area contributed by atoms with Gasteiger partial charge in [0.05, 0.1) is 22.8 Å². The van der Waals surface area contributed by atoms with Crippen molar-refractivity contribution in [1.82, 2.24) is 29.7 Å². The van der Waals surface area contributed by atoms with E-state index in [0.29, 0.717) is 32.2 Å². The number of rotatable bonds is 4. The number of benzene rings is 1. The number of aromatic nitrogens is 6. The van der Waals surface area contributed by atoms with Crippen molar-refractivity contribution in [2.24, 2.45) is 0 Å². The van der Waals surface area contributed by atoms with Gasteiger partial charge < -0.3 is 5.32 Å². The molecule has 0 aliphatic rings. The van der Waals surface area contributed by atoms with E-state index in [1.807, 2.05) is 26.0 Å². The quantitative estimate of drug-likeness (QED) is 0.560. The highest BCUT2D eigenvalue weighted by Crippen LogP contribution is 2.29. The van der Waals surface area contributed by atoms with E-state index in [1.165, 1.54) is 30.2 Å². The molecule has 27 heavy (non-hydrogen) atoms. The van der Waals surface area contributed by atoms with Gasteiger partial charge in [0, 0.05) is 5.39 Å². The number of halogens is 1. The molecule has 0 aliphatic heterocycles. The maximum Gasteiger partial charge on any atom is 0.213 e. The molecule has 10 heteroatoms. The normalized spacial score (nSPS) is 12.1. The molecule has 134 valence electrons. The molecule has 0 saturated carbocycles. The molecular weight excluding hydrogens is 384 g/mol. The zero-order chi connectivity index (χ0) is 19.0. The van der Waals surface area contributed by atoms with Crippen LogP contribution in [0.1, 0.15) is 29.2 Å². The maximum atomic E-state index is 9.00. The second-order valence-corrected chi connectivity index (χ2v) is 7.30. The van der Waals surface area contributed by atoms with E-state index in [1.54, 1.807) is 4.68 Å². The first kappa shape index (κ1) is 17.3. The summed E-state index contributed by atoms with van der Waals surface area (Å²) in [7, 11) is 0. The molecule has 1 atom stereocenters. The fourth-order valence-electron chi connectivity index (χ4n) is 2.75. The highest BCUT2D eigenvalue weighted by Gasteiger charge is 2.18. The van der Waals surface area contributed by atoms with Crippen LogP contribution in [-0.2, 0) is 0 Å². The lowest BCUT2D eigenvalue weighted by Crippen LogP contribution is -2.14. The van der Waals surface area contributed by atoms with Crippen LogP contribution in [0.25, 0.3) is 16.0 Å². The zero-order valence-electron chi connectivity index (χ0n) is 14.4. The third-order valence-corrected chi connectivity index (χ3v) is 5.10. The number of hydrogen-bond donors (Lipinski definition) is 1. The van der Waals surface area contributed by atoms with E-state index >= 15 is 0 Å². The summed E-state index contributed by atoms with van der Waals surface area (Å²) in [4.78, 5) is 17.7. The first-order valence-corrected chi connectivity index (χ1v) is 9.20. The van der Waals surface area contributed by atoms with Crippen LogP contribution in [0.15, 0.2) is 31.0 Å². The summed E-state index contributed by atoms with van der Waals surface area (Å²) in [6.45, 7) is 3.92. The SMILES string of the molecule is Cc1cc(Cl)c2ncnc(N[C@@H](C)c3ncnn3-c3ncc(C#N)s3)c2c1. The number of aryl methyl sites for hydroxylation is 1. The number of anilines is 1. The Morgan fingerprint density at radius 1 is 1.22 bits per heavy atom. The number of nitrogens with one attached hydrogen (secondary N) is 1. The van der Waals surface area contributed by atoms with Crippen LogP contribution in [0.4, 0.5) is 5.82 Å². The Hall–Kier alpha value is -3.09. The Morgan fingerprint density at radius 3 is 2.85 bits per heavy atom. The van der Waals surface area contributed by atoms with Gasteiger partial charge in [-0.15, -0.1) is 0 Å². The summed E-state index contributed by atoms with van der Waals surface area (Å²) in [5, 5.41) is 18.6. The molecule has 0 aliphatic carbocycles. The second-order valence-electron chi connectivity index (χ2n) is 5.88. The summed E-state index contributed by atoms with van der Waals surface area (Å²) >= 11 is 7.57. The molecule has 0 amide bonds. The molecule has 3 heterocycles. The van der Waals surface area contributed by atoms with Crippen molar-refractivity contribution in [3.05, 3.63) is 52.3 Å². The predicted molar refractivity (Wildman–Crippen MR) is 103 cm³/mol. The third kappa shape index (κ3) is 3.20. The molecule has 0 fully saturated rings. The van der Waals surface area contributed by atoms with Gasteiger partial charge in [0.2, 0.25) is 5.13 Å². The van der Waals surface area contributed by atoms with Crippen molar-refractivity contribution in [3.63, 3.8) is 0 Å². The van der Waals surface area contributed by atoms with Crippen LogP contribution in [0, 0.1) is 18.3 Å². The van der Waals surface area contributed by atoms with Crippen molar-refractivity contribution < 1.29 is 0 Å². The fourth-order valence-corrected chi connectivity index (χ4v) is 3.76. The van der Waals surface area contributed by atoms with Gasteiger partial charge in [0.1, 0.15) is 29.4 Å². The Kier molecular flexibility index (Phi) is 4.43. The summed E-state index contributed by atoms with van der Waals surface area (Å²) < 4.78 is 1.62. The average molecular weight is 397 g/mol. The number of thiazole rings is 1. The highest BCUT2D eigenvalue weighted by atomic mass is 35.5. The first-order chi connectivity index (χ1) is 13.1. The molecule has 4 aromatic rings. The highest BCUT2D eigenvalue weighted by molar-refractivity contribution is 7.14. The third-order valence-electron chi connectivity index (χ3n) is 3.94. The molecule has 8 nitrogen and oxygen atoms in total. The number of fused-ring (bicyclic) bond motifs is 1. The van der Waals surface area contributed by atoms with Crippen LogP contribution in [0.2, 0.25) is 5.02 Å². The topological polar surface area (TPSA) is 105 Å². The molecular formula is C17H13ClN8S. The van der Waals surface area contributed by atoms with Crippen LogP contribution in [0.5, 0.6) is 0 Å². The minimum absolute atomic E-state index is 0.223. The smallest absolute Gasteiger partial charge is 0.213 e. The zero-order valence-corrected chi connectivity index (χ0v) is 16.0. The number of nitriles is 1. The van der Waals surface area contributed by atoms with E-state index in [2.05, 4.69) is 36.4 Å². The lowest BCUT2D eigenvalue weighted by molar-refractivity contribution is 0.719. The molecule has 0 radical (unpaired) electrons. The first-order valence-electron chi connectivity index (χ1n) is 8.00. The van der Waals surface area contributed by atoms with Gasteiger partial charge in [0.25, 0.3) is 0 Å². The minimum Gasteiger partial charge on any atom is -0.360 e. The van der Waals surface area contributed by atoms with Crippen LogP contribution < -0.4 is 5.32 Å². The van der Waals surface area contributed by atoms with E-state index in [-0.39, 0.29) is 6.04 Å². The van der Waals surface area contributed by atoms with Gasteiger partial charge in [-0.2, -0.15) is 15.0 Å². The van der Waals surface area contributed by atoms with Gasteiger partial charge in [-0.05, 0) is 31.5 Å². The lowest BCUT2D eigenvalue weighted by Gasteiger charge is -2.16. The Balaban J connectivity index is 1.70. The van der Waals surface area contributed by atoms with E-state index in [9.17, 15) is 0 Å². The van der Waals surface area contributed by atoms with Crippen LogP contribution in [-0.4, -0.2) is 29.7 Å². The van der Waals surface area contributed by atoms with E-state index < -0.39 is 0 Å². The Bertz CT molecular complexity index is 1180. The summed E-state index contributed by atoms with van der Waals surface area (Å²) in [6, 6.07) is 5.71. The van der Waals surface area contributed by atoms with Crippen molar-refractivity contribution in [1.29, 1.82) is 5.26 Å². The molecule has 0 unspecified atom stereocenters. The standard InChI is InChI=1S/C17H13ClN8S/c1-9-3-12-14(13(18)4-9)21-7-22-15(12)25-10(2)16-23-8-24-26(16)17-20-6-11(5-19)27-17/h3-4,6-8,10H,1-2H3,(H,21,22,25)/t10-/m0/s1. The largest absolute Gasteiger partial charge is 0.360 e. The van der Waals surface area contributed by atoms with Gasteiger partial charge in [-0.1, -0.05) is 22.9 Å². The van der Waals surface area contributed by atoms with Gasteiger partial charge in [-0.25, -0.2) is 19.9 Å². The molecule has 1 aromatic carbocycles. The number of nitrogens with zero attached hydrogens (tertiary/aromatic N) is 7. The minimum atomic E-state index is -0.223. The lowest BCUT2D eigenvalue weighted by atomic mass is 10.1. The van der Waals surface area contributed by atoms with Crippen molar-refractivity contribution in [2.75, 3.05) is 5.32 Å². The predicted octanol–water partition coefficient (Wildman–Crippen LogP) is 3.67. The molecule has 3 aromatic heterocycles.